The zero-order chi connectivity index (χ0) is 23.6. The van der Waals surface area contributed by atoms with Gasteiger partial charge in [0.2, 0.25) is 11.4 Å². The van der Waals surface area contributed by atoms with Crippen molar-refractivity contribution in [3.8, 4) is 0 Å². The fourth-order valence-corrected chi connectivity index (χ4v) is 9.34. The van der Waals surface area contributed by atoms with E-state index in [9.17, 15) is 24.6 Å². The van der Waals surface area contributed by atoms with E-state index in [1.807, 2.05) is 6.08 Å². The first kappa shape index (κ1) is 25.5. The number of carbonyl (C=O) groups is 3. The molecule has 5 aliphatic carbocycles. The molecule has 1 heterocycles. The van der Waals surface area contributed by atoms with Gasteiger partial charge in [0.15, 0.2) is 5.78 Å². The third-order valence-corrected chi connectivity index (χ3v) is 10.9. The predicted octanol–water partition coefficient (Wildman–Crippen LogP) is 2.26. The Morgan fingerprint density at radius 1 is 1.15 bits per heavy atom. The number of allylic oxidation sites excluding steroid dienone is 4. The van der Waals surface area contributed by atoms with Gasteiger partial charge in [-0.25, -0.2) is 0 Å². The van der Waals surface area contributed by atoms with Crippen LogP contribution in [0.15, 0.2) is 23.8 Å². The van der Waals surface area contributed by atoms with Crippen LogP contribution in [0.1, 0.15) is 65.7 Å². The molecule has 2 N–H and O–H groups in total. The predicted molar refractivity (Wildman–Crippen MR) is 126 cm³/mol. The molecule has 6 aliphatic rings. The number of hydrogen-bond donors (Lipinski definition) is 2. The van der Waals surface area contributed by atoms with Gasteiger partial charge in [0.1, 0.15) is 11.7 Å². The van der Waals surface area contributed by atoms with Crippen molar-refractivity contribution < 1.29 is 29.3 Å². The van der Waals surface area contributed by atoms with Gasteiger partial charge < -0.3 is 14.9 Å². The van der Waals surface area contributed by atoms with E-state index in [-0.39, 0.29) is 99.1 Å². The van der Waals surface area contributed by atoms with Crippen molar-refractivity contribution in [2.45, 2.75) is 83.0 Å². The Kier molecular flexibility index (Phi) is 5.94. The number of aliphatic hydroxyl groups excluding tert-OH is 1. The van der Waals surface area contributed by atoms with Crippen LogP contribution in [0.3, 0.4) is 0 Å². The quantitative estimate of drug-likeness (QED) is 0.451. The van der Waals surface area contributed by atoms with E-state index in [0.717, 1.165) is 31.3 Å². The monoisotopic (exact) mass is 494 g/mol. The normalized spacial score (nSPS) is 53.0. The Morgan fingerprint density at radius 2 is 1.88 bits per heavy atom. The molecule has 7 heteroatoms. The molecule has 0 bridgehead atoms. The number of hydrogen-bond acceptors (Lipinski definition) is 6. The van der Waals surface area contributed by atoms with Gasteiger partial charge in [0, 0.05) is 11.8 Å². The average Bonchev–Trinajstić information content (AvgIpc) is 3.52. The molecule has 0 aromatic rings. The molecule has 2 unspecified atom stereocenters. The van der Waals surface area contributed by atoms with Gasteiger partial charge in [-0.1, -0.05) is 32.9 Å². The maximum atomic E-state index is 13.4. The summed E-state index contributed by atoms with van der Waals surface area (Å²) in [6.07, 6.45) is 8.46. The van der Waals surface area contributed by atoms with Crippen LogP contribution in [0.5, 0.6) is 0 Å². The molecule has 180 valence electrons. The van der Waals surface area contributed by atoms with Gasteiger partial charge in [-0.2, -0.15) is 0 Å². The Balaban J connectivity index is 0.00000241. The molecule has 0 aromatic carbocycles. The number of carbonyl (C=O) groups excluding carboxylic acids is 3. The van der Waals surface area contributed by atoms with Crippen molar-refractivity contribution >= 4 is 68.9 Å². The van der Waals surface area contributed by atoms with Crippen LogP contribution in [0.4, 0.5) is 0 Å². The molecule has 34 heavy (non-hydrogen) atoms. The molecular weight excluding hydrogens is 459 g/mol. The van der Waals surface area contributed by atoms with Gasteiger partial charge in [-0.3, -0.25) is 14.4 Å². The minimum atomic E-state index is -1.69. The molecule has 4 fully saturated rings. The number of fused-ring (bicyclic) bond motifs is 7. The van der Waals surface area contributed by atoms with E-state index in [2.05, 4.69) is 26.0 Å². The number of ether oxygens (including phenoxy) is 1. The van der Waals surface area contributed by atoms with Crippen LogP contribution in [-0.2, 0) is 19.1 Å². The van der Waals surface area contributed by atoms with Crippen LogP contribution in [-0.4, -0.2) is 96.4 Å². The zero-order valence-electron chi connectivity index (χ0n) is 19.7. The second kappa shape index (κ2) is 7.92. The Labute approximate surface area is 243 Å². The van der Waals surface area contributed by atoms with Crippen LogP contribution in [0.2, 0.25) is 0 Å². The first-order valence-electron chi connectivity index (χ1n) is 12.6. The summed E-state index contributed by atoms with van der Waals surface area (Å²) in [5, 5.41) is 23.0. The van der Waals surface area contributed by atoms with E-state index in [1.54, 1.807) is 6.92 Å². The number of ketones is 2. The summed E-state index contributed by atoms with van der Waals surface area (Å²) in [4.78, 5) is 37.9. The van der Waals surface area contributed by atoms with Gasteiger partial charge in [0.05, 0.1) is 6.42 Å². The third kappa shape index (κ3) is 2.86. The van der Waals surface area contributed by atoms with E-state index < -0.39 is 34.5 Å². The Bertz CT molecular complexity index is 1030. The van der Waals surface area contributed by atoms with Gasteiger partial charge in [-0.15, -0.1) is 0 Å². The zero-order valence-corrected chi connectivity index (χ0v) is 19.7. The first-order valence-corrected chi connectivity index (χ1v) is 12.6. The minimum absolute atomic E-state index is 0. The van der Waals surface area contributed by atoms with Crippen molar-refractivity contribution in [1.29, 1.82) is 0 Å². The molecule has 0 aromatic heterocycles. The number of esters is 1. The molecule has 1 saturated heterocycles. The van der Waals surface area contributed by atoms with E-state index in [0.29, 0.717) is 12.3 Å². The number of cyclic esters (lactones) is 1. The van der Waals surface area contributed by atoms with Crippen molar-refractivity contribution in [3.05, 3.63) is 23.8 Å². The molecule has 3 saturated carbocycles. The Hall–Kier alpha value is -0.154. The first-order chi connectivity index (χ1) is 15.5. The van der Waals surface area contributed by atoms with Crippen LogP contribution < -0.4 is 0 Å². The van der Waals surface area contributed by atoms with Gasteiger partial charge >= 0.3 is 57.4 Å². The molecule has 0 amide bonds. The summed E-state index contributed by atoms with van der Waals surface area (Å²) >= 11 is 0. The third-order valence-electron chi connectivity index (χ3n) is 10.9. The van der Waals surface area contributed by atoms with E-state index in [1.165, 1.54) is 0 Å². The summed E-state index contributed by atoms with van der Waals surface area (Å²) in [6, 6.07) is 0. The van der Waals surface area contributed by atoms with Crippen molar-refractivity contribution in [2.75, 3.05) is 0 Å². The van der Waals surface area contributed by atoms with E-state index in [4.69, 9.17) is 4.74 Å². The molecule has 1 aliphatic heterocycles. The Morgan fingerprint density at radius 3 is 2.59 bits per heavy atom. The molecular formula is C27H35KO6. The second-order valence-electron chi connectivity index (χ2n) is 12.0. The second-order valence-corrected chi connectivity index (χ2v) is 12.0. The average molecular weight is 495 g/mol. The summed E-state index contributed by atoms with van der Waals surface area (Å²) in [5.74, 6) is 0.0148. The molecule has 0 radical (unpaired) electrons. The maximum absolute atomic E-state index is 13.4. The van der Waals surface area contributed by atoms with E-state index >= 15 is 0 Å². The number of Topliss-reactive ketones (excluding diaryl/α,β-unsaturated/α-hetero) is 1. The SMILES string of the molecule is CC[C@]1([C@]2(O)[C@@H]3C[C@@H]3C3[C@H]4C=CC5=CC(=O)CC[C@]5(C)[C@@H]4CC[C@@]32C)OC(=O)CC(O)C1=O.[KH]. The summed E-state index contributed by atoms with van der Waals surface area (Å²) in [5.41, 5.74) is -2.70. The summed E-state index contributed by atoms with van der Waals surface area (Å²) in [7, 11) is 0. The van der Waals surface area contributed by atoms with Crippen LogP contribution in [0, 0.1) is 40.4 Å². The molecule has 0 spiro atoms. The molecule has 10 atom stereocenters. The van der Waals surface area contributed by atoms with Crippen LogP contribution in [0.25, 0.3) is 0 Å². The van der Waals surface area contributed by atoms with Gasteiger partial charge in [0.25, 0.3) is 0 Å². The summed E-state index contributed by atoms with van der Waals surface area (Å²) < 4.78 is 5.79. The molecule has 6 rings (SSSR count). The van der Waals surface area contributed by atoms with Crippen molar-refractivity contribution in [2.24, 2.45) is 40.4 Å². The van der Waals surface area contributed by atoms with Crippen molar-refractivity contribution in [1.82, 2.24) is 0 Å². The topological polar surface area (TPSA) is 101 Å². The standard InChI is InChI=1S/C27H34O6.K.H/c1-4-26(23(31)20(29)13-21(30)33-26)27(32)19-12-17(19)22-16-6-5-14-11-15(28)7-9-24(14,2)18(16)8-10-25(22,27)3;;/h5-6,11,16-20,22,29,32H,4,7-10,12-13H2,1-3H3;;/t16-,17-,18+,19+,20?,22?,24-,25-,26-,27-;;/m0../s1. The fraction of sp³-hybridized carbons (Fsp3) is 0.741. The van der Waals surface area contributed by atoms with Gasteiger partial charge in [-0.05, 0) is 78.8 Å². The van der Waals surface area contributed by atoms with Crippen LogP contribution >= 0.6 is 0 Å². The van der Waals surface area contributed by atoms with Crippen molar-refractivity contribution in [3.63, 3.8) is 0 Å². The fourth-order valence-electron chi connectivity index (χ4n) is 9.34. The summed E-state index contributed by atoms with van der Waals surface area (Å²) in [6.45, 7) is 6.15. The molecule has 6 nitrogen and oxygen atoms in total. The number of rotatable bonds is 2. The number of aliphatic hydroxyl groups is 2.